The van der Waals surface area contributed by atoms with Gasteiger partial charge in [0, 0.05) is 149 Å². The van der Waals surface area contributed by atoms with Gasteiger partial charge < -0.3 is 18.3 Å². The smallest absolute Gasteiger partial charge is 0.159 e. The summed E-state index contributed by atoms with van der Waals surface area (Å²) in [5.74, 6) is 1.72. The van der Waals surface area contributed by atoms with Crippen LogP contribution in [0.4, 0.5) is 35.1 Å². The van der Waals surface area contributed by atoms with Gasteiger partial charge in [0.15, 0.2) is 23.3 Å². The van der Waals surface area contributed by atoms with E-state index in [1.807, 2.05) is 119 Å². The number of halogens is 8. The molecule has 0 saturated heterocycles. The Morgan fingerprint density at radius 2 is 0.527 bits per heavy atom. The summed E-state index contributed by atoms with van der Waals surface area (Å²) in [6, 6.07) is 82.8. The summed E-state index contributed by atoms with van der Waals surface area (Å²) in [4.78, 5) is 0. The number of benzene rings is 12. The van der Waals surface area contributed by atoms with Gasteiger partial charge in [-0.3, -0.25) is 17.6 Å². The Kier molecular flexibility index (Phi) is 28.9. The van der Waals surface area contributed by atoms with E-state index in [4.69, 9.17) is 0 Å². The molecule has 572 valence electrons. The maximum Gasteiger partial charge on any atom is 0.159 e. The zero-order valence-corrected chi connectivity index (χ0v) is 70.1. The van der Waals surface area contributed by atoms with Crippen LogP contribution in [0.1, 0.15) is 48.6 Å². The summed E-state index contributed by atoms with van der Waals surface area (Å²) in [5, 5.41) is 34.5. The summed E-state index contributed by atoms with van der Waals surface area (Å²) >= 11 is 0. The van der Waals surface area contributed by atoms with Gasteiger partial charge in [-0.25, -0.2) is 17.6 Å². The number of para-hydroxylation sites is 2. The molecular weight excluding hydrogens is 2150 g/mol. The van der Waals surface area contributed by atoms with Crippen LogP contribution in [0.15, 0.2) is 261 Å². The number of aryl methyl sites for hydroxylation is 4. The predicted octanol–water partition coefficient (Wildman–Crippen LogP) is 21.2. The Balaban J connectivity index is 0.000000170. The third-order valence-electron chi connectivity index (χ3n) is 17.3. The van der Waals surface area contributed by atoms with E-state index in [0.717, 1.165) is 67.3 Å². The zero-order valence-electron chi connectivity index (χ0n) is 60.5. The van der Waals surface area contributed by atoms with E-state index in [1.165, 1.54) is 103 Å². The minimum atomic E-state index is -0.367. The average Bonchev–Trinajstić information content (AvgIpc) is 1.62. The van der Waals surface area contributed by atoms with E-state index >= 15 is 0 Å². The standard InChI is InChI=1S/C24H20F2N3.2C22H16F2N3.C20H12F2N3.4Ir/c1-24(2,3)18-8-14-21(15-9-18)29-22(16-4-10-19(25)11-5-16)27-28-23(29)17-6-12-20(26)13-7-17;1-14-11-15(2)13-20(12-14)27-21(16-3-7-18(23)8-4-16)25-26-22(27)17-5-9-19(24)10-6-17;1-14-4-3-5-15(2)20(14)27-21(16-6-10-18(23)11-7-16)25-26-22(27)17-8-12-19(24)13-9-17;21-16-10-6-14(7-11-16)19-23-24-20(15-8-12-17(22)13-9-15)25(19)18-4-2-1-3-5-18;;;;/h4-6,8-15H,1-3H3;3-5,7-13H,1-2H3;3-8,10-13H,1-2H3;1-8,10-13H;;;;/q4*-1;;;;. The summed E-state index contributed by atoms with van der Waals surface area (Å²) < 4.78 is 114. The maximum absolute atomic E-state index is 13.4. The fourth-order valence-electron chi connectivity index (χ4n) is 12.0. The van der Waals surface area contributed by atoms with E-state index in [1.54, 1.807) is 72.8 Å². The van der Waals surface area contributed by atoms with E-state index < -0.39 is 0 Å². The van der Waals surface area contributed by atoms with Crippen molar-refractivity contribution in [1.82, 2.24) is 59.1 Å². The van der Waals surface area contributed by atoms with Crippen LogP contribution >= 0.6 is 0 Å². The maximum atomic E-state index is 13.4. The van der Waals surface area contributed by atoms with E-state index in [2.05, 4.69) is 104 Å². The molecule has 112 heavy (non-hydrogen) atoms. The molecule has 12 nitrogen and oxygen atoms in total. The van der Waals surface area contributed by atoms with Crippen molar-refractivity contribution in [2.75, 3.05) is 0 Å². The SMILES string of the molecule is CC(C)(C)c1ccc(-n2c(-c3[c-]cc(F)cc3)nnc2-c2ccc(F)cc2)cc1.Cc1cc(C)cc(-n2c(-c3[c-]cc(F)cc3)nnc2-c2ccc(F)cc2)c1.Cc1cccc(C)c1-n1c(-c2[c-]cc(F)cc2)nnc1-c1ccc(F)cc1.Fc1c[c-]c(-c2nnc(-c3ccc(F)cc3)n2-c2ccccc2)cc1.[Ir].[Ir].[Ir].[Ir]. The molecule has 0 aliphatic rings. The first kappa shape index (κ1) is 85.2. The molecule has 4 radical (unpaired) electrons. The van der Waals surface area contributed by atoms with Crippen molar-refractivity contribution in [2.24, 2.45) is 0 Å². The predicted molar refractivity (Wildman–Crippen MR) is 402 cm³/mol. The minimum Gasteiger partial charge on any atom is -0.316 e. The van der Waals surface area contributed by atoms with Crippen LogP contribution in [0.5, 0.6) is 0 Å². The average molecular weight is 2210 g/mol. The Bertz CT molecular complexity index is 5470. The van der Waals surface area contributed by atoms with E-state index in [0.29, 0.717) is 68.8 Å². The first-order valence-corrected chi connectivity index (χ1v) is 34.0. The van der Waals surface area contributed by atoms with Gasteiger partial charge in [-0.15, -0.1) is 140 Å². The van der Waals surface area contributed by atoms with Crippen molar-refractivity contribution in [3.05, 3.63) is 359 Å². The largest absolute Gasteiger partial charge is 0.316 e. The summed E-state index contributed by atoms with van der Waals surface area (Å²) in [6.07, 6.45) is 0. The first-order valence-electron chi connectivity index (χ1n) is 34.0. The van der Waals surface area contributed by atoms with Crippen LogP contribution in [0.2, 0.25) is 0 Å². The molecule has 16 aromatic rings. The third kappa shape index (κ3) is 19.9. The van der Waals surface area contributed by atoms with Crippen molar-refractivity contribution in [1.29, 1.82) is 0 Å². The van der Waals surface area contributed by atoms with E-state index in [-0.39, 0.29) is 132 Å². The van der Waals surface area contributed by atoms with Crippen LogP contribution in [0, 0.1) is 98.5 Å². The second-order valence-corrected chi connectivity index (χ2v) is 26.2. The molecule has 0 N–H and O–H groups in total. The molecule has 0 amide bonds. The molecule has 12 aromatic carbocycles. The molecule has 0 aliphatic carbocycles. The fraction of sp³-hybridized carbons (Fsp3) is 0.0909. The minimum absolute atomic E-state index is 0. The number of hydrogen-bond acceptors (Lipinski definition) is 8. The van der Waals surface area contributed by atoms with Crippen LogP contribution < -0.4 is 0 Å². The number of rotatable bonds is 12. The van der Waals surface area contributed by atoms with Crippen molar-refractivity contribution >= 4 is 0 Å². The normalized spacial score (nSPS) is 10.7. The second kappa shape index (κ2) is 38.0. The molecular formula is C88H64F8Ir4N12-4. The molecule has 0 aliphatic heterocycles. The monoisotopic (exact) mass is 2210 g/mol. The molecule has 0 unspecified atom stereocenters. The molecule has 4 aromatic heterocycles. The van der Waals surface area contributed by atoms with Crippen molar-refractivity contribution in [3.8, 4) is 114 Å². The fourth-order valence-corrected chi connectivity index (χ4v) is 12.0. The van der Waals surface area contributed by atoms with Crippen molar-refractivity contribution in [3.63, 3.8) is 0 Å². The molecule has 0 fully saturated rings. The second-order valence-electron chi connectivity index (χ2n) is 26.2. The quantitative estimate of drug-likeness (QED) is 0.0875. The van der Waals surface area contributed by atoms with Crippen LogP contribution in [0.3, 0.4) is 0 Å². The van der Waals surface area contributed by atoms with Crippen molar-refractivity contribution < 1.29 is 116 Å². The number of aromatic nitrogens is 12. The number of hydrogen-bond donors (Lipinski definition) is 0. The van der Waals surface area contributed by atoms with Crippen molar-refractivity contribution in [2.45, 2.75) is 53.9 Å². The molecule has 16 rings (SSSR count). The zero-order chi connectivity index (χ0) is 75.8. The van der Waals surface area contributed by atoms with Crippen LogP contribution in [-0.4, -0.2) is 59.1 Å². The Hall–Kier alpha value is -10.8. The molecule has 0 bridgehead atoms. The molecule has 0 saturated carbocycles. The van der Waals surface area contributed by atoms with Gasteiger partial charge >= 0.3 is 0 Å². The molecule has 0 spiro atoms. The van der Waals surface area contributed by atoms with E-state index in [9.17, 15) is 35.1 Å². The first-order chi connectivity index (χ1) is 52.1. The van der Waals surface area contributed by atoms with Crippen LogP contribution in [-0.2, 0) is 85.8 Å². The number of nitrogens with zero attached hydrogens (tertiary/aromatic N) is 12. The van der Waals surface area contributed by atoms with Gasteiger partial charge in [0.05, 0.1) is 23.3 Å². The molecule has 4 heterocycles. The summed E-state index contributed by atoms with van der Waals surface area (Å²) in [5.41, 5.74) is 14.4. The van der Waals surface area contributed by atoms with Gasteiger partial charge in [-0.1, -0.05) is 75.4 Å². The van der Waals surface area contributed by atoms with Crippen LogP contribution in [0.25, 0.3) is 114 Å². The Morgan fingerprint density at radius 3 is 0.821 bits per heavy atom. The summed E-state index contributed by atoms with van der Waals surface area (Å²) in [7, 11) is 0. The Morgan fingerprint density at radius 1 is 0.259 bits per heavy atom. The third-order valence-corrected chi connectivity index (χ3v) is 17.3. The van der Waals surface area contributed by atoms with Gasteiger partial charge in [-0.2, -0.15) is 20.4 Å². The van der Waals surface area contributed by atoms with Gasteiger partial charge in [0.2, 0.25) is 0 Å². The van der Waals surface area contributed by atoms with Gasteiger partial charge in [-0.05, 0) is 194 Å². The summed E-state index contributed by atoms with van der Waals surface area (Å²) in [6.45, 7) is 14.5. The Labute approximate surface area is 696 Å². The van der Waals surface area contributed by atoms with Gasteiger partial charge in [0.25, 0.3) is 0 Å². The molecule has 24 heteroatoms. The molecule has 0 atom stereocenters. The topological polar surface area (TPSA) is 123 Å². The van der Waals surface area contributed by atoms with Gasteiger partial charge in [0.1, 0.15) is 23.3 Å².